The molecule has 0 aliphatic carbocycles. The molecule has 1 heterocycles. The van der Waals surface area contributed by atoms with Crippen molar-refractivity contribution >= 4 is 17.6 Å². The standard InChI is InChI=1S/C15H15ClO4/c1-10(13-7-8-14(20-13)15(17)18-2)19-9-11-5-3-4-6-12(11)16/h3-8,10H,9H2,1-2H3. The van der Waals surface area contributed by atoms with Crippen LogP contribution in [0, 0.1) is 0 Å². The molecule has 0 aliphatic heterocycles. The van der Waals surface area contributed by atoms with Crippen molar-refractivity contribution in [2.75, 3.05) is 7.11 Å². The first-order chi connectivity index (χ1) is 9.61. The lowest BCUT2D eigenvalue weighted by Crippen LogP contribution is -2.01. The highest BCUT2D eigenvalue weighted by Gasteiger charge is 2.16. The van der Waals surface area contributed by atoms with Gasteiger partial charge in [-0.15, -0.1) is 0 Å². The maximum Gasteiger partial charge on any atom is 0.373 e. The third kappa shape index (κ3) is 3.40. The summed E-state index contributed by atoms with van der Waals surface area (Å²) in [6.45, 7) is 2.21. The SMILES string of the molecule is COC(=O)c1ccc(C(C)OCc2ccccc2Cl)o1. The fraction of sp³-hybridized carbons (Fsp3) is 0.267. The molecule has 2 rings (SSSR count). The molecule has 20 heavy (non-hydrogen) atoms. The van der Waals surface area contributed by atoms with Crippen molar-refractivity contribution in [2.45, 2.75) is 19.6 Å². The normalized spacial score (nSPS) is 12.2. The van der Waals surface area contributed by atoms with E-state index in [1.54, 1.807) is 12.1 Å². The highest BCUT2D eigenvalue weighted by atomic mass is 35.5. The van der Waals surface area contributed by atoms with Gasteiger partial charge in [0.05, 0.1) is 13.7 Å². The lowest BCUT2D eigenvalue weighted by molar-refractivity contribution is 0.0351. The summed E-state index contributed by atoms with van der Waals surface area (Å²) in [5, 5.41) is 0.661. The molecule has 2 aromatic rings. The molecule has 1 aromatic heterocycles. The van der Waals surface area contributed by atoms with Gasteiger partial charge >= 0.3 is 5.97 Å². The van der Waals surface area contributed by atoms with Crippen LogP contribution in [0.4, 0.5) is 0 Å². The Balaban J connectivity index is 1.98. The van der Waals surface area contributed by atoms with Crippen LogP contribution in [0.25, 0.3) is 0 Å². The molecule has 0 radical (unpaired) electrons. The van der Waals surface area contributed by atoms with Crippen LogP contribution in [0.15, 0.2) is 40.8 Å². The number of ether oxygens (including phenoxy) is 2. The number of methoxy groups -OCH3 is 1. The summed E-state index contributed by atoms with van der Waals surface area (Å²) in [4.78, 5) is 11.3. The Labute approximate surface area is 122 Å². The van der Waals surface area contributed by atoms with Crippen LogP contribution in [-0.2, 0) is 16.1 Å². The van der Waals surface area contributed by atoms with E-state index < -0.39 is 5.97 Å². The van der Waals surface area contributed by atoms with Gasteiger partial charge in [-0.25, -0.2) is 4.79 Å². The van der Waals surface area contributed by atoms with Gasteiger partial charge < -0.3 is 13.9 Å². The first-order valence-electron chi connectivity index (χ1n) is 6.15. The van der Waals surface area contributed by atoms with Gasteiger partial charge in [0, 0.05) is 5.02 Å². The van der Waals surface area contributed by atoms with Gasteiger partial charge in [-0.1, -0.05) is 29.8 Å². The Morgan fingerprint density at radius 1 is 1.30 bits per heavy atom. The fourth-order valence-corrected chi connectivity index (χ4v) is 1.88. The Kier molecular flexibility index (Phi) is 4.82. The quantitative estimate of drug-likeness (QED) is 0.782. The van der Waals surface area contributed by atoms with Crippen LogP contribution in [0.5, 0.6) is 0 Å². The predicted molar refractivity (Wildman–Crippen MR) is 74.7 cm³/mol. The summed E-state index contributed by atoms with van der Waals surface area (Å²) >= 11 is 6.05. The zero-order chi connectivity index (χ0) is 14.5. The van der Waals surface area contributed by atoms with Crippen LogP contribution >= 0.6 is 11.6 Å². The molecule has 0 fully saturated rings. The molecule has 4 nitrogen and oxygen atoms in total. The number of hydrogen-bond donors (Lipinski definition) is 0. The van der Waals surface area contributed by atoms with Crippen molar-refractivity contribution in [1.29, 1.82) is 0 Å². The van der Waals surface area contributed by atoms with E-state index in [1.807, 2.05) is 31.2 Å². The van der Waals surface area contributed by atoms with E-state index in [1.165, 1.54) is 7.11 Å². The molecule has 0 amide bonds. The minimum absolute atomic E-state index is 0.163. The summed E-state index contributed by atoms with van der Waals surface area (Å²) < 4.78 is 15.7. The number of rotatable bonds is 5. The van der Waals surface area contributed by atoms with Gasteiger partial charge in [0.2, 0.25) is 5.76 Å². The van der Waals surface area contributed by atoms with Crippen molar-refractivity contribution in [1.82, 2.24) is 0 Å². The van der Waals surface area contributed by atoms with E-state index in [0.717, 1.165) is 5.56 Å². The maximum atomic E-state index is 11.3. The summed E-state index contributed by atoms with van der Waals surface area (Å²) in [5.41, 5.74) is 0.903. The number of benzene rings is 1. The molecular formula is C15H15ClO4. The lowest BCUT2D eigenvalue weighted by Gasteiger charge is -2.11. The van der Waals surface area contributed by atoms with E-state index >= 15 is 0 Å². The van der Waals surface area contributed by atoms with Gasteiger partial charge in [-0.3, -0.25) is 0 Å². The van der Waals surface area contributed by atoms with Gasteiger partial charge in [0.15, 0.2) is 0 Å². The van der Waals surface area contributed by atoms with Gasteiger partial charge in [0.25, 0.3) is 0 Å². The summed E-state index contributed by atoms with van der Waals surface area (Å²) in [5.74, 6) is 0.225. The van der Waals surface area contributed by atoms with Crippen LogP contribution in [-0.4, -0.2) is 13.1 Å². The third-order valence-corrected chi connectivity index (χ3v) is 3.23. The highest BCUT2D eigenvalue weighted by Crippen LogP contribution is 2.23. The maximum absolute atomic E-state index is 11.3. The minimum atomic E-state index is -0.505. The first-order valence-corrected chi connectivity index (χ1v) is 6.52. The highest BCUT2D eigenvalue weighted by molar-refractivity contribution is 6.31. The second-order valence-corrected chi connectivity index (χ2v) is 4.65. The minimum Gasteiger partial charge on any atom is -0.463 e. The lowest BCUT2D eigenvalue weighted by atomic mass is 10.2. The first kappa shape index (κ1) is 14.6. The Morgan fingerprint density at radius 3 is 2.75 bits per heavy atom. The van der Waals surface area contributed by atoms with Gasteiger partial charge in [0.1, 0.15) is 11.9 Å². The molecule has 0 spiro atoms. The molecule has 5 heteroatoms. The van der Waals surface area contributed by atoms with E-state index in [9.17, 15) is 4.79 Å². The molecule has 1 unspecified atom stereocenters. The van der Waals surface area contributed by atoms with Crippen LogP contribution in [0.2, 0.25) is 5.02 Å². The monoisotopic (exact) mass is 294 g/mol. The van der Waals surface area contributed by atoms with Crippen molar-refractivity contribution in [3.63, 3.8) is 0 Å². The third-order valence-electron chi connectivity index (χ3n) is 2.86. The summed E-state index contributed by atoms with van der Waals surface area (Å²) in [6.07, 6.45) is -0.287. The molecule has 1 atom stereocenters. The Hall–Kier alpha value is -1.78. The van der Waals surface area contributed by atoms with Crippen molar-refractivity contribution in [2.24, 2.45) is 0 Å². The summed E-state index contributed by atoms with van der Waals surface area (Å²) in [7, 11) is 1.31. The van der Waals surface area contributed by atoms with Crippen molar-refractivity contribution < 1.29 is 18.7 Å². The van der Waals surface area contributed by atoms with Gasteiger partial charge in [-0.05, 0) is 30.7 Å². The molecule has 106 valence electrons. The molecule has 1 aromatic carbocycles. The molecule has 0 bridgehead atoms. The predicted octanol–water partition coefficient (Wildman–Crippen LogP) is 4.00. The molecule has 0 aliphatic rings. The summed E-state index contributed by atoms with van der Waals surface area (Å²) in [6, 6.07) is 10.7. The van der Waals surface area contributed by atoms with Crippen LogP contribution in [0.1, 0.15) is 34.9 Å². The Bertz CT molecular complexity index is 591. The average molecular weight is 295 g/mol. The molecule has 0 N–H and O–H groups in total. The average Bonchev–Trinajstić information content (AvgIpc) is 2.95. The van der Waals surface area contributed by atoms with Gasteiger partial charge in [-0.2, -0.15) is 0 Å². The fourth-order valence-electron chi connectivity index (χ4n) is 1.69. The van der Waals surface area contributed by atoms with E-state index in [-0.39, 0.29) is 11.9 Å². The Morgan fingerprint density at radius 2 is 2.05 bits per heavy atom. The number of carbonyl (C=O) groups is 1. The zero-order valence-electron chi connectivity index (χ0n) is 11.3. The molecule has 0 saturated heterocycles. The van der Waals surface area contributed by atoms with Crippen LogP contribution < -0.4 is 0 Å². The number of halogens is 1. The topological polar surface area (TPSA) is 48.7 Å². The number of furan rings is 1. The van der Waals surface area contributed by atoms with Crippen molar-refractivity contribution in [3.8, 4) is 0 Å². The van der Waals surface area contributed by atoms with Crippen molar-refractivity contribution in [3.05, 3.63) is 58.5 Å². The largest absolute Gasteiger partial charge is 0.463 e. The molecule has 0 saturated carbocycles. The van der Waals surface area contributed by atoms with Crippen LogP contribution in [0.3, 0.4) is 0 Å². The van der Waals surface area contributed by atoms with E-state index in [0.29, 0.717) is 17.4 Å². The second kappa shape index (κ2) is 6.59. The number of carbonyl (C=O) groups excluding carboxylic acids is 1. The number of esters is 1. The van der Waals surface area contributed by atoms with E-state index in [2.05, 4.69) is 4.74 Å². The second-order valence-electron chi connectivity index (χ2n) is 4.24. The smallest absolute Gasteiger partial charge is 0.373 e. The number of hydrogen-bond acceptors (Lipinski definition) is 4. The molecular weight excluding hydrogens is 280 g/mol. The van der Waals surface area contributed by atoms with E-state index in [4.69, 9.17) is 20.8 Å². The zero-order valence-corrected chi connectivity index (χ0v) is 12.0.